The Kier molecular flexibility index (Phi) is 29.3. The van der Waals surface area contributed by atoms with E-state index in [-0.39, 0.29) is 0 Å². The Hall–Kier alpha value is 1.81. The standard InChI is InChI=1S/4C8H17.ClH.H2O.O.2Sn/c4*1-3-5-7-8-6-4-2;;;;;/h4*1,3-8H2,2H3;1H;1H2;;;/q;;;;;;;2*+1/p-2. The van der Waals surface area contributed by atoms with E-state index in [9.17, 15) is 3.44 Å². The van der Waals surface area contributed by atoms with Crippen molar-refractivity contribution in [2.45, 2.75) is 200 Å². The van der Waals surface area contributed by atoms with Crippen molar-refractivity contribution in [3.8, 4) is 0 Å². The fraction of sp³-hybridized carbons (Fsp3) is 1.00. The van der Waals surface area contributed by atoms with E-state index in [1.807, 2.05) is 0 Å². The van der Waals surface area contributed by atoms with Crippen LogP contribution in [0.4, 0.5) is 0 Å². The summed E-state index contributed by atoms with van der Waals surface area (Å²) in [6.07, 6.45) is 31.3. The monoisotopic (exact) mass is 760 g/mol. The van der Waals surface area contributed by atoms with Gasteiger partial charge in [0.25, 0.3) is 0 Å². The summed E-state index contributed by atoms with van der Waals surface area (Å²) < 4.78 is 23.4. The van der Waals surface area contributed by atoms with E-state index in [1.165, 1.54) is 154 Å². The summed E-state index contributed by atoms with van der Waals surface area (Å²) >= 11 is -6.88. The summed E-state index contributed by atoms with van der Waals surface area (Å²) in [6, 6.07) is 0. The van der Waals surface area contributed by atoms with Crippen LogP contribution in [0.15, 0.2) is 0 Å². The predicted octanol–water partition coefficient (Wildman–Crippen LogP) is 12.6. The minimum atomic E-state index is -3.62. The average molecular weight is 759 g/mol. The quantitative estimate of drug-likeness (QED) is 0.0584. The molecular weight excluding hydrogens is 689 g/mol. The van der Waals surface area contributed by atoms with E-state index >= 15 is 0 Å². The van der Waals surface area contributed by atoms with E-state index < -0.39 is 36.9 Å². The van der Waals surface area contributed by atoms with Gasteiger partial charge in [0.1, 0.15) is 0 Å². The van der Waals surface area contributed by atoms with Gasteiger partial charge in [-0.15, -0.1) is 0 Å². The molecule has 0 aliphatic rings. The van der Waals surface area contributed by atoms with Crippen LogP contribution in [0.5, 0.6) is 0 Å². The van der Waals surface area contributed by atoms with E-state index in [4.69, 9.17) is 10.3 Å². The molecule has 0 aromatic rings. The van der Waals surface area contributed by atoms with Gasteiger partial charge < -0.3 is 0 Å². The first-order chi connectivity index (χ1) is 17.9. The summed E-state index contributed by atoms with van der Waals surface area (Å²) in [7, 11) is 7.55. The topological polar surface area (TPSA) is 29.5 Å². The van der Waals surface area contributed by atoms with E-state index in [0.717, 1.165) is 17.7 Å². The van der Waals surface area contributed by atoms with Crippen molar-refractivity contribution in [2.24, 2.45) is 0 Å². The van der Waals surface area contributed by atoms with Crippen LogP contribution in [0, 0.1) is 0 Å². The van der Waals surface area contributed by atoms with Crippen molar-refractivity contribution in [3.05, 3.63) is 0 Å². The van der Waals surface area contributed by atoms with Crippen LogP contribution >= 0.6 is 8.92 Å². The van der Waals surface area contributed by atoms with E-state index in [0.29, 0.717) is 0 Å². The van der Waals surface area contributed by atoms with Crippen LogP contribution in [0.2, 0.25) is 17.7 Å². The van der Waals surface area contributed by atoms with Gasteiger partial charge in [-0.3, -0.25) is 0 Å². The molecular formula is C32H69ClO2Sn2. The molecule has 0 unspecified atom stereocenters. The van der Waals surface area contributed by atoms with Crippen LogP contribution in [0.3, 0.4) is 0 Å². The molecule has 224 valence electrons. The Balaban J connectivity index is 5.03. The molecule has 0 aromatic carbocycles. The van der Waals surface area contributed by atoms with Gasteiger partial charge >= 0.3 is 250 Å². The fourth-order valence-corrected chi connectivity index (χ4v) is 48.2. The van der Waals surface area contributed by atoms with Gasteiger partial charge in [-0.05, 0) is 0 Å². The number of rotatable bonds is 30. The molecule has 37 heavy (non-hydrogen) atoms. The molecule has 2 nitrogen and oxygen atoms in total. The Morgan fingerprint density at radius 3 is 0.946 bits per heavy atom. The molecule has 0 amide bonds. The molecule has 0 fully saturated rings. The third-order valence-electron chi connectivity index (χ3n) is 8.02. The third kappa shape index (κ3) is 25.3. The van der Waals surface area contributed by atoms with Crippen molar-refractivity contribution in [1.29, 1.82) is 0 Å². The predicted molar refractivity (Wildman–Crippen MR) is 173 cm³/mol. The molecule has 0 saturated heterocycles. The Morgan fingerprint density at radius 2 is 0.649 bits per heavy atom. The second-order valence-corrected chi connectivity index (χ2v) is 37.3. The van der Waals surface area contributed by atoms with Gasteiger partial charge in [0.2, 0.25) is 0 Å². The van der Waals surface area contributed by atoms with Crippen molar-refractivity contribution in [2.75, 3.05) is 0 Å². The van der Waals surface area contributed by atoms with Gasteiger partial charge in [-0.25, -0.2) is 0 Å². The van der Waals surface area contributed by atoms with Gasteiger partial charge in [-0.2, -0.15) is 0 Å². The summed E-state index contributed by atoms with van der Waals surface area (Å²) in [5, 5.41) is 0. The van der Waals surface area contributed by atoms with Crippen LogP contribution in [-0.4, -0.2) is 40.3 Å². The first-order valence-electron chi connectivity index (χ1n) is 17.1. The SMILES string of the molecule is CCCCCCC[CH2][Sn]([OH])([CH2]CCCCCCC)[O][Sn]([Cl])([CH2]CCCCCCC)[CH2]CCCCCCC. The summed E-state index contributed by atoms with van der Waals surface area (Å²) in [6.45, 7) is 9.14. The van der Waals surface area contributed by atoms with Crippen LogP contribution in [0.1, 0.15) is 182 Å². The maximum absolute atomic E-state index is 12.1. The Bertz CT molecular complexity index is 392. The normalized spacial score (nSPS) is 12.5. The molecule has 5 heteroatoms. The zero-order valence-electron chi connectivity index (χ0n) is 26.0. The van der Waals surface area contributed by atoms with E-state index in [2.05, 4.69) is 27.7 Å². The number of hydrogen-bond donors (Lipinski definition) is 1. The molecule has 0 aliphatic heterocycles. The Morgan fingerprint density at radius 1 is 0.405 bits per heavy atom. The average Bonchev–Trinajstić information content (AvgIpc) is 2.88. The summed E-state index contributed by atoms with van der Waals surface area (Å²) in [5.74, 6) is 0. The molecule has 0 radical (unpaired) electrons. The minimum absolute atomic E-state index is 0.994. The first kappa shape index (κ1) is 38.8. The van der Waals surface area contributed by atoms with E-state index in [1.54, 1.807) is 0 Å². The molecule has 0 bridgehead atoms. The van der Waals surface area contributed by atoms with Gasteiger partial charge in [0.15, 0.2) is 0 Å². The van der Waals surface area contributed by atoms with Gasteiger partial charge in [0, 0.05) is 0 Å². The second-order valence-electron chi connectivity index (χ2n) is 12.0. The van der Waals surface area contributed by atoms with Gasteiger partial charge in [0.05, 0.1) is 0 Å². The first-order valence-corrected chi connectivity index (χ1v) is 32.4. The fourth-order valence-electron chi connectivity index (χ4n) is 5.50. The molecule has 0 aromatic heterocycles. The zero-order valence-corrected chi connectivity index (χ0v) is 32.5. The molecule has 0 atom stereocenters. The second kappa shape index (κ2) is 28.0. The summed E-state index contributed by atoms with van der Waals surface area (Å²) in [5.41, 5.74) is 0. The van der Waals surface area contributed by atoms with Crippen molar-refractivity contribution >= 4 is 45.8 Å². The van der Waals surface area contributed by atoms with Crippen LogP contribution in [-0.2, 0) is 1.41 Å². The zero-order chi connectivity index (χ0) is 27.5. The van der Waals surface area contributed by atoms with Gasteiger partial charge in [-0.1, -0.05) is 0 Å². The third-order valence-corrected chi connectivity index (χ3v) is 43.2. The van der Waals surface area contributed by atoms with Crippen molar-refractivity contribution in [3.63, 3.8) is 0 Å². The molecule has 0 rings (SSSR count). The van der Waals surface area contributed by atoms with Crippen LogP contribution < -0.4 is 0 Å². The molecule has 0 saturated carbocycles. The summed E-state index contributed by atoms with van der Waals surface area (Å²) in [4.78, 5) is 0. The molecule has 1 N–H and O–H groups in total. The molecule has 0 heterocycles. The van der Waals surface area contributed by atoms with Crippen LogP contribution in [0.25, 0.3) is 0 Å². The Labute approximate surface area is 248 Å². The van der Waals surface area contributed by atoms with Crippen molar-refractivity contribution in [1.82, 2.24) is 0 Å². The van der Waals surface area contributed by atoms with Crippen molar-refractivity contribution < 1.29 is 4.86 Å². The number of unbranched alkanes of at least 4 members (excludes halogenated alkanes) is 20. The molecule has 0 aliphatic carbocycles. The number of hydrogen-bond acceptors (Lipinski definition) is 2. The maximum atomic E-state index is 12.1. The molecule has 0 spiro atoms. The number of halogens is 1.